The lowest BCUT2D eigenvalue weighted by Crippen LogP contribution is -2.31. The summed E-state index contributed by atoms with van der Waals surface area (Å²) in [4.78, 5) is 14.3. The summed E-state index contributed by atoms with van der Waals surface area (Å²) in [6.07, 6.45) is 0. The molecule has 4 nitrogen and oxygen atoms in total. The molecule has 0 aliphatic rings. The first-order valence-corrected chi connectivity index (χ1v) is 6.95. The topological polar surface area (TPSA) is 66.6 Å². The first kappa shape index (κ1) is 14.9. The van der Waals surface area contributed by atoms with Gasteiger partial charge in [0.2, 0.25) is 0 Å². The molecule has 1 amide bonds. The number of phenols is 1. The van der Waals surface area contributed by atoms with E-state index >= 15 is 0 Å². The molecule has 0 fully saturated rings. The molecule has 0 bridgehead atoms. The maximum Gasteiger partial charge on any atom is 0.256 e. The number of nitrogen functional groups attached to an aromatic ring is 1. The second-order valence-electron chi connectivity index (χ2n) is 5.02. The Morgan fingerprint density at radius 1 is 1.24 bits per heavy atom. The van der Waals surface area contributed by atoms with Crippen molar-refractivity contribution < 1.29 is 9.90 Å². The van der Waals surface area contributed by atoms with Gasteiger partial charge in [-0.25, -0.2) is 0 Å². The van der Waals surface area contributed by atoms with E-state index in [-0.39, 0.29) is 11.7 Å². The van der Waals surface area contributed by atoms with Crippen LogP contribution in [0.5, 0.6) is 5.75 Å². The molecule has 21 heavy (non-hydrogen) atoms. The molecule has 0 radical (unpaired) electrons. The van der Waals surface area contributed by atoms with Crippen molar-refractivity contribution >= 4 is 11.6 Å². The standard InChI is InChI=1S/C17H20N2O2/c1-3-19(11-13-7-5-4-6-12(13)2)17(21)15-10-14(20)8-9-16(15)18/h4-10,20H,3,11,18H2,1-2H3. The van der Waals surface area contributed by atoms with Crippen LogP contribution in [0, 0.1) is 6.92 Å². The van der Waals surface area contributed by atoms with Crippen molar-refractivity contribution in [3.8, 4) is 5.75 Å². The maximum atomic E-state index is 12.6. The van der Waals surface area contributed by atoms with Crippen LogP contribution in [-0.4, -0.2) is 22.5 Å². The van der Waals surface area contributed by atoms with Crippen molar-refractivity contribution in [1.82, 2.24) is 4.90 Å². The minimum atomic E-state index is -0.172. The molecule has 3 N–H and O–H groups in total. The number of aromatic hydroxyl groups is 1. The Balaban J connectivity index is 2.27. The van der Waals surface area contributed by atoms with Gasteiger partial charge in [-0.1, -0.05) is 24.3 Å². The molecule has 0 atom stereocenters. The third-order valence-corrected chi connectivity index (χ3v) is 3.56. The number of rotatable bonds is 4. The monoisotopic (exact) mass is 284 g/mol. The smallest absolute Gasteiger partial charge is 0.256 e. The van der Waals surface area contributed by atoms with E-state index < -0.39 is 0 Å². The molecule has 110 valence electrons. The number of aryl methyl sites for hydroxylation is 1. The van der Waals surface area contributed by atoms with Gasteiger partial charge in [-0.2, -0.15) is 0 Å². The lowest BCUT2D eigenvalue weighted by molar-refractivity contribution is 0.0753. The molecule has 0 saturated carbocycles. The van der Waals surface area contributed by atoms with Crippen molar-refractivity contribution in [2.75, 3.05) is 12.3 Å². The summed E-state index contributed by atoms with van der Waals surface area (Å²) < 4.78 is 0. The van der Waals surface area contributed by atoms with Crippen molar-refractivity contribution in [2.24, 2.45) is 0 Å². The van der Waals surface area contributed by atoms with E-state index in [4.69, 9.17) is 5.73 Å². The molecule has 0 aliphatic heterocycles. The third-order valence-electron chi connectivity index (χ3n) is 3.56. The predicted octanol–water partition coefficient (Wildman–Crippen LogP) is 2.95. The van der Waals surface area contributed by atoms with Crippen molar-refractivity contribution in [3.05, 3.63) is 59.2 Å². The molecule has 2 aromatic carbocycles. The highest BCUT2D eigenvalue weighted by Crippen LogP contribution is 2.21. The van der Waals surface area contributed by atoms with Gasteiger partial charge in [-0.3, -0.25) is 4.79 Å². The zero-order valence-corrected chi connectivity index (χ0v) is 12.3. The summed E-state index contributed by atoms with van der Waals surface area (Å²) in [5.41, 5.74) is 8.81. The second kappa shape index (κ2) is 6.31. The first-order valence-electron chi connectivity index (χ1n) is 6.95. The van der Waals surface area contributed by atoms with Crippen LogP contribution in [0.15, 0.2) is 42.5 Å². The molecule has 0 aliphatic carbocycles. The highest BCUT2D eigenvalue weighted by Gasteiger charge is 2.18. The lowest BCUT2D eigenvalue weighted by atomic mass is 10.1. The largest absolute Gasteiger partial charge is 0.508 e. The summed E-state index contributed by atoms with van der Waals surface area (Å²) in [6, 6.07) is 12.4. The summed E-state index contributed by atoms with van der Waals surface area (Å²) in [7, 11) is 0. The second-order valence-corrected chi connectivity index (χ2v) is 5.02. The number of carbonyl (C=O) groups is 1. The van der Waals surface area contributed by atoms with Gasteiger partial charge >= 0.3 is 0 Å². The molecule has 0 unspecified atom stereocenters. The summed E-state index contributed by atoms with van der Waals surface area (Å²) in [5, 5.41) is 9.55. The van der Waals surface area contributed by atoms with Crippen molar-refractivity contribution in [1.29, 1.82) is 0 Å². The fourth-order valence-electron chi connectivity index (χ4n) is 2.22. The molecule has 2 rings (SSSR count). The zero-order chi connectivity index (χ0) is 15.4. The highest BCUT2D eigenvalue weighted by atomic mass is 16.3. The number of amides is 1. The van der Waals surface area contributed by atoms with Crippen LogP contribution in [0.4, 0.5) is 5.69 Å². The van der Waals surface area contributed by atoms with Gasteiger partial charge in [0.05, 0.1) is 5.56 Å². The quantitative estimate of drug-likeness (QED) is 0.670. The van der Waals surface area contributed by atoms with Gasteiger partial charge in [-0.05, 0) is 43.2 Å². The van der Waals surface area contributed by atoms with Crippen LogP contribution >= 0.6 is 0 Å². The molecule has 0 saturated heterocycles. The number of nitrogens with zero attached hydrogens (tertiary/aromatic N) is 1. The number of hydrogen-bond donors (Lipinski definition) is 2. The van der Waals surface area contributed by atoms with Crippen LogP contribution in [0.25, 0.3) is 0 Å². The van der Waals surface area contributed by atoms with E-state index in [1.165, 1.54) is 12.1 Å². The van der Waals surface area contributed by atoms with Gasteiger partial charge in [0, 0.05) is 18.8 Å². The number of phenolic OH excluding ortho intramolecular Hbond substituents is 1. The molecule has 0 spiro atoms. The molecule has 2 aromatic rings. The first-order chi connectivity index (χ1) is 10.0. The summed E-state index contributed by atoms with van der Waals surface area (Å²) in [6.45, 7) is 5.05. The number of carbonyl (C=O) groups excluding carboxylic acids is 1. The Hall–Kier alpha value is -2.49. The third kappa shape index (κ3) is 3.34. The minimum absolute atomic E-state index is 0.0412. The predicted molar refractivity (Wildman–Crippen MR) is 84.1 cm³/mol. The summed E-state index contributed by atoms with van der Waals surface area (Å²) in [5.74, 6) is -0.131. The Morgan fingerprint density at radius 3 is 2.62 bits per heavy atom. The number of hydrogen-bond acceptors (Lipinski definition) is 3. The Kier molecular flexibility index (Phi) is 4.48. The van der Waals surface area contributed by atoms with Crippen LogP contribution in [-0.2, 0) is 6.54 Å². The van der Waals surface area contributed by atoms with E-state index in [1.54, 1.807) is 11.0 Å². The van der Waals surface area contributed by atoms with Crippen molar-refractivity contribution in [3.63, 3.8) is 0 Å². The fraction of sp³-hybridized carbons (Fsp3) is 0.235. The Labute approximate surface area is 124 Å². The SMILES string of the molecule is CCN(Cc1ccccc1C)C(=O)c1cc(O)ccc1N. The van der Waals surface area contributed by atoms with E-state index in [9.17, 15) is 9.90 Å². The van der Waals surface area contributed by atoms with Crippen LogP contribution < -0.4 is 5.73 Å². The number of nitrogens with two attached hydrogens (primary N) is 1. The van der Waals surface area contributed by atoms with Crippen LogP contribution in [0.1, 0.15) is 28.4 Å². The fourth-order valence-corrected chi connectivity index (χ4v) is 2.22. The normalized spacial score (nSPS) is 10.4. The lowest BCUT2D eigenvalue weighted by Gasteiger charge is -2.22. The van der Waals surface area contributed by atoms with Gasteiger partial charge in [0.15, 0.2) is 0 Å². The molecule has 4 heteroatoms. The molecular formula is C17H20N2O2. The van der Waals surface area contributed by atoms with E-state index in [1.807, 2.05) is 38.1 Å². The zero-order valence-electron chi connectivity index (χ0n) is 12.3. The average molecular weight is 284 g/mol. The number of benzene rings is 2. The van der Waals surface area contributed by atoms with Gasteiger partial charge in [0.25, 0.3) is 5.91 Å². The van der Waals surface area contributed by atoms with Gasteiger partial charge in [0.1, 0.15) is 5.75 Å². The highest BCUT2D eigenvalue weighted by molar-refractivity contribution is 5.99. The number of anilines is 1. The summed E-state index contributed by atoms with van der Waals surface area (Å²) >= 11 is 0. The van der Waals surface area contributed by atoms with Crippen LogP contribution in [0.3, 0.4) is 0 Å². The molecular weight excluding hydrogens is 264 g/mol. The van der Waals surface area contributed by atoms with Crippen LogP contribution in [0.2, 0.25) is 0 Å². The Morgan fingerprint density at radius 2 is 1.95 bits per heavy atom. The Bertz CT molecular complexity index is 653. The van der Waals surface area contributed by atoms with E-state index in [2.05, 4.69) is 0 Å². The van der Waals surface area contributed by atoms with E-state index in [0.717, 1.165) is 11.1 Å². The minimum Gasteiger partial charge on any atom is -0.508 e. The maximum absolute atomic E-state index is 12.6. The molecule has 0 heterocycles. The molecule has 0 aromatic heterocycles. The average Bonchev–Trinajstić information content (AvgIpc) is 2.48. The van der Waals surface area contributed by atoms with Gasteiger partial charge in [-0.15, -0.1) is 0 Å². The van der Waals surface area contributed by atoms with Gasteiger partial charge < -0.3 is 15.7 Å². The van der Waals surface area contributed by atoms with Crippen molar-refractivity contribution in [2.45, 2.75) is 20.4 Å². The van der Waals surface area contributed by atoms with E-state index in [0.29, 0.717) is 24.3 Å².